The molecule has 0 aliphatic heterocycles. The molecule has 1 rings (SSSR count). The third-order valence-corrected chi connectivity index (χ3v) is 5.17. The largest absolute Gasteiger partial charge is 0.481 e. The van der Waals surface area contributed by atoms with Gasteiger partial charge in [0.2, 0.25) is 0 Å². The minimum atomic E-state index is -2.78. The summed E-state index contributed by atoms with van der Waals surface area (Å²) in [5, 5.41) is 18.7. The first-order valence-electron chi connectivity index (χ1n) is 8.72. The van der Waals surface area contributed by atoms with E-state index in [4.69, 9.17) is 14.0 Å². The Morgan fingerprint density at radius 3 is 2.74 bits per heavy atom. The zero-order valence-corrected chi connectivity index (χ0v) is 15.7. The molecular formula is C17H25BrO4S. The number of rotatable bonds is 10. The highest BCUT2D eigenvalue weighted by molar-refractivity contribution is 9.10. The van der Waals surface area contributed by atoms with Crippen LogP contribution in [-0.2, 0) is 14.9 Å². The van der Waals surface area contributed by atoms with Crippen molar-refractivity contribution in [3.63, 3.8) is 0 Å². The molecule has 4 nitrogen and oxygen atoms in total. The summed E-state index contributed by atoms with van der Waals surface area (Å²) < 4.78 is 29.9. The smallest absolute Gasteiger partial charge is 0.316 e. The maximum Gasteiger partial charge on any atom is 0.316 e. The first-order valence-corrected chi connectivity index (χ1v) is 9.17. The number of benzene rings is 1. The van der Waals surface area contributed by atoms with Gasteiger partial charge in [-0.25, -0.2) is 0 Å². The average Bonchev–Trinajstić information content (AvgIpc) is 2.50. The molecule has 1 aromatic rings. The van der Waals surface area contributed by atoms with Crippen LogP contribution in [0.15, 0.2) is 28.7 Å². The van der Waals surface area contributed by atoms with Crippen LogP contribution < -0.4 is 0 Å². The van der Waals surface area contributed by atoms with E-state index in [0.29, 0.717) is 16.0 Å². The van der Waals surface area contributed by atoms with Crippen LogP contribution in [0.4, 0.5) is 0 Å². The van der Waals surface area contributed by atoms with Crippen molar-refractivity contribution in [1.82, 2.24) is 0 Å². The van der Waals surface area contributed by atoms with Crippen LogP contribution in [0.5, 0.6) is 0 Å². The molecule has 0 spiro atoms. The van der Waals surface area contributed by atoms with Crippen molar-refractivity contribution in [2.75, 3.05) is 31.3 Å². The van der Waals surface area contributed by atoms with Gasteiger partial charge in [-0.05, 0) is 30.0 Å². The van der Waals surface area contributed by atoms with Gasteiger partial charge >= 0.3 is 5.97 Å². The van der Waals surface area contributed by atoms with E-state index >= 15 is 0 Å². The number of hydrogen-bond acceptors (Lipinski definition) is 4. The maximum atomic E-state index is 12.1. The van der Waals surface area contributed by atoms with Crippen LogP contribution in [0.25, 0.3) is 0 Å². The van der Waals surface area contributed by atoms with Crippen LogP contribution in [0, 0.1) is 5.41 Å². The van der Waals surface area contributed by atoms with E-state index in [9.17, 15) is 9.90 Å². The van der Waals surface area contributed by atoms with Gasteiger partial charge in [-0.15, -0.1) is 0 Å². The second-order valence-corrected chi connectivity index (χ2v) is 8.17. The second kappa shape index (κ2) is 9.06. The van der Waals surface area contributed by atoms with E-state index in [1.165, 1.54) is 12.1 Å². The molecule has 0 aliphatic rings. The summed E-state index contributed by atoms with van der Waals surface area (Å²) >= 11 is 4.83. The van der Waals surface area contributed by atoms with Crippen molar-refractivity contribution in [3.8, 4) is 0 Å². The van der Waals surface area contributed by atoms with Crippen LogP contribution in [0.1, 0.15) is 30.4 Å². The Bertz CT molecular complexity index is 610. The lowest BCUT2D eigenvalue weighted by Crippen LogP contribution is -2.38. The van der Waals surface area contributed by atoms with Gasteiger partial charge in [-0.1, -0.05) is 41.9 Å². The molecule has 1 atom stereocenters. The first-order chi connectivity index (χ1) is 12.0. The Morgan fingerprint density at radius 1 is 1.43 bits per heavy atom. The van der Waals surface area contributed by atoms with Crippen LogP contribution >= 0.6 is 27.7 Å². The van der Waals surface area contributed by atoms with Crippen molar-refractivity contribution < 1.29 is 23.9 Å². The molecule has 6 heteroatoms. The fraction of sp³-hybridized carbons (Fsp3) is 0.588. The molecule has 0 amide bonds. The van der Waals surface area contributed by atoms with Gasteiger partial charge in [-0.3, -0.25) is 4.79 Å². The molecule has 0 radical (unpaired) electrons. The van der Waals surface area contributed by atoms with Gasteiger partial charge in [0.1, 0.15) is 5.41 Å². The number of hydrogen-bond donors (Lipinski definition) is 2. The van der Waals surface area contributed by atoms with E-state index < -0.39 is 24.8 Å². The molecule has 23 heavy (non-hydrogen) atoms. The Morgan fingerprint density at radius 2 is 2.17 bits per heavy atom. The van der Waals surface area contributed by atoms with E-state index in [2.05, 4.69) is 15.9 Å². The summed E-state index contributed by atoms with van der Waals surface area (Å²) in [5.41, 5.74) is -2.26. The number of carboxylic acids is 1. The van der Waals surface area contributed by atoms with Crippen molar-refractivity contribution in [1.29, 1.82) is 0 Å². The lowest BCUT2D eigenvalue weighted by Gasteiger charge is -2.29. The van der Waals surface area contributed by atoms with Gasteiger partial charge in [0.15, 0.2) is 0 Å². The molecule has 0 aliphatic carbocycles. The monoisotopic (exact) mass is 407 g/mol. The fourth-order valence-electron chi connectivity index (χ4n) is 1.96. The van der Waals surface area contributed by atoms with E-state index in [0.717, 1.165) is 0 Å². The van der Waals surface area contributed by atoms with Crippen LogP contribution in [0.3, 0.4) is 0 Å². The Balaban J connectivity index is 3.03. The summed E-state index contributed by atoms with van der Waals surface area (Å²) in [4.78, 5) is 12.1. The highest BCUT2D eigenvalue weighted by atomic mass is 79.9. The summed E-state index contributed by atoms with van der Waals surface area (Å²) in [6.07, 6.45) is 0. The molecule has 2 N–H and O–H groups in total. The Labute approximate surface area is 155 Å². The standard InChI is InChI=1S/C17H25BrO4S/c1-16(2,12-23-8-7-19)10-22-11-17(3,15(20)21)13-5-4-6-14(18)9-13/h4-6,9,19H,7-8,10-12H2,1-3H3,(H,20,21)/i3D3. The highest BCUT2D eigenvalue weighted by Crippen LogP contribution is 2.29. The van der Waals surface area contributed by atoms with Crippen molar-refractivity contribution in [2.24, 2.45) is 5.41 Å². The Hall–Kier alpha value is -0.560. The topological polar surface area (TPSA) is 66.8 Å². The molecule has 0 bridgehead atoms. The molecule has 0 fully saturated rings. The van der Waals surface area contributed by atoms with Crippen molar-refractivity contribution >= 4 is 33.7 Å². The predicted molar refractivity (Wildman–Crippen MR) is 98.1 cm³/mol. The third-order valence-electron chi connectivity index (χ3n) is 3.22. The summed E-state index contributed by atoms with van der Waals surface area (Å²) in [7, 11) is 0. The number of aliphatic carboxylic acids is 1. The average molecular weight is 408 g/mol. The fourth-order valence-corrected chi connectivity index (χ4v) is 3.27. The lowest BCUT2D eigenvalue weighted by atomic mass is 9.83. The molecule has 0 saturated carbocycles. The van der Waals surface area contributed by atoms with Crippen molar-refractivity contribution in [3.05, 3.63) is 34.3 Å². The van der Waals surface area contributed by atoms with E-state index in [-0.39, 0.29) is 24.2 Å². The summed E-state index contributed by atoms with van der Waals surface area (Å²) in [6.45, 7) is 0.970. The SMILES string of the molecule is [2H]C([2H])([2H])C(COCC(C)(C)CSCCO)(C(=O)O)c1cccc(Br)c1. The quantitative estimate of drug-likeness (QED) is 0.580. The molecule has 0 aromatic heterocycles. The van der Waals surface area contributed by atoms with Crippen molar-refractivity contribution in [2.45, 2.75) is 26.1 Å². The van der Waals surface area contributed by atoms with E-state index in [1.54, 1.807) is 23.9 Å². The van der Waals surface area contributed by atoms with Gasteiger partial charge in [0, 0.05) is 20.1 Å². The van der Waals surface area contributed by atoms with Crippen LogP contribution in [-0.4, -0.2) is 47.5 Å². The van der Waals surface area contributed by atoms with Gasteiger partial charge < -0.3 is 14.9 Å². The van der Waals surface area contributed by atoms with Gasteiger partial charge in [0.05, 0.1) is 19.8 Å². The molecule has 1 aromatic carbocycles. The minimum absolute atomic E-state index is 0.0890. The number of halogens is 1. The van der Waals surface area contributed by atoms with E-state index in [1.807, 2.05) is 13.8 Å². The normalized spacial score (nSPS) is 17.0. The zero-order chi connectivity index (χ0) is 20.0. The predicted octanol–water partition coefficient (Wildman–Crippen LogP) is 3.56. The Kier molecular flexibility index (Phi) is 6.28. The molecule has 130 valence electrons. The molecule has 1 unspecified atom stereocenters. The third kappa shape index (κ3) is 6.45. The zero-order valence-electron chi connectivity index (χ0n) is 16.3. The van der Waals surface area contributed by atoms with Gasteiger partial charge in [0.25, 0.3) is 0 Å². The molecule has 0 saturated heterocycles. The van der Waals surface area contributed by atoms with Crippen LogP contribution in [0.2, 0.25) is 0 Å². The number of carbonyl (C=O) groups is 1. The minimum Gasteiger partial charge on any atom is -0.481 e. The summed E-state index contributed by atoms with van der Waals surface area (Å²) in [5.74, 6) is -0.128. The van der Waals surface area contributed by atoms with Gasteiger partial charge in [-0.2, -0.15) is 11.8 Å². The molecule has 0 heterocycles. The first kappa shape index (κ1) is 15.9. The number of aliphatic hydroxyl groups excluding tert-OH is 1. The maximum absolute atomic E-state index is 12.1. The number of ether oxygens (including phenoxy) is 1. The lowest BCUT2D eigenvalue weighted by molar-refractivity contribution is -0.146. The number of aliphatic hydroxyl groups is 1. The second-order valence-electron chi connectivity index (χ2n) is 6.15. The number of thioether (sulfide) groups is 1. The highest BCUT2D eigenvalue weighted by Gasteiger charge is 2.36. The number of carboxylic acid groups (broad SMARTS) is 1. The summed E-state index contributed by atoms with van der Waals surface area (Å²) in [6, 6.07) is 6.32. The molecular weight excluding hydrogens is 380 g/mol.